The van der Waals surface area contributed by atoms with Gasteiger partial charge in [0.1, 0.15) is 0 Å². The van der Waals surface area contributed by atoms with Gasteiger partial charge in [0.15, 0.2) is 0 Å². The number of nitrogens with one attached hydrogen (secondary N) is 1. The first kappa shape index (κ1) is 22.3. The van der Waals surface area contributed by atoms with Gasteiger partial charge in [0.05, 0.1) is 33.2 Å². The Morgan fingerprint density at radius 3 is 2.43 bits per heavy atom. The van der Waals surface area contributed by atoms with E-state index < -0.39 is 27.7 Å². The van der Waals surface area contributed by atoms with Crippen LogP contribution in [0.25, 0.3) is 11.3 Å². The maximum Gasteiger partial charge on any atom is 0.216 e. The quantitative estimate of drug-likeness (QED) is 0.569. The molecule has 0 unspecified atom stereocenters. The molecule has 0 saturated heterocycles. The number of hydrogen-bond acceptors (Lipinski definition) is 3. The molecular formula is C23H29FN4OS. The van der Waals surface area contributed by atoms with Gasteiger partial charge in [-0.2, -0.15) is 9.49 Å². The van der Waals surface area contributed by atoms with Crippen LogP contribution >= 0.6 is 0 Å². The Balaban J connectivity index is 2.08. The van der Waals surface area contributed by atoms with Crippen LogP contribution in [0.5, 0.6) is 0 Å². The van der Waals surface area contributed by atoms with Crippen molar-refractivity contribution < 1.29 is 8.60 Å². The van der Waals surface area contributed by atoms with Gasteiger partial charge in [-0.25, -0.2) is 13.9 Å². The van der Waals surface area contributed by atoms with E-state index >= 15 is 0 Å². The van der Waals surface area contributed by atoms with Gasteiger partial charge >= 0.3 is 0 Å². The molecule has 0 fully saturated rings. The van der Waals surface area contributed by atoms with Gasteiger partial charge in [0, 0.05) is 24.4 Å². The topological polar surface area (TPSA) is 59.8 Å². The second kappa shape index (κ2) is 8.78. The summed E-state index contributed by atoms with van der Waals surface area (Å²) >= 11 is 0. The number of halogens is 1. The molecular weight excluding hydrogens is 399 g/mol. The van der Waals surface area contributed by atoms with Gasteiger partial charge in [-0.3, -0.25) is 4.68 Å². The maximum absolute atomic E-state index is 14.7. The van der Waals surface area contributed by atoms with Gasteiger partial charge in [0.2, 0.25) is 5.95 Å². The average Bonchev–Trinajstić information content (AvgIpc) is 3.10. The summed E-state index contributed by atoms with van der Waals surface area (Å²) < 4.78 is 32.1. The molecule has 0 aliphatic rings. The van der Waals surface area contributed by atoms with Crippen molar-refractivity contribution in [2.24, 2.45) is 7.05 Å². The third kappa shape index (κ3) is 4.84. The van der Waals surface area contributed by atoms with E-state index in [9.17, 15) is 8.60 Å². The standard InChI is InChI=1S/C23H29FN4OS/c1-15(2)18-10-11-19(26-22(18)24)21(27-30(29)23(3,4)5)17-9-7-8-16(14-17)20-12-13-25-28(20)6/h7-15,21,27H,1-6H3/t21-,30-/m0/s1. The molecule has 2 atom stereocenters. The van der Waals surface area contributed by atoms with Crippen LogP contribution in [0.1, 0.15) is 63.4 Å². The first-order valence-corrected chi connectivity index (χ1v) is 11.2. The van der Waals surface area contributed by atoms with Crippen LogP contribution in [-0.2, 0) is 18.0 Å². The molecule has 0 spiro atoms. The number of aryl methyl sites for hydroxylation is 1. The minimum absolute atomic E-state index is 0.0369. The van der Waals surface area contributed by atoms with Crippen LogP contribution < -0.4 is 4.72 Å². The zero-order valence-electron chi connectivity index (χ0n) is 18.3. The fraction of sp³-hybridized carbons (Fsp3) is 0.391. The van der Waals surface area contributed by atoms with Gasteiger partial charge in [0.25, 0.3) is 0 Å². The highest BCUT2D eigenvalue weighted by molar-refractivity contribution is 7.84. The van der Waals surface area contributed by atoms with Crippen molar-refractivity contribution in [3.63, 3.8) is 0 Å². The molecule has 2 aromatic heterocycles. The Labute approximate surface area is 180 Å². The predicted octanol–water partition coefficient (Wildman–Crippen LogP) is 4.89. The third-order valence-corrected chi connectivity index (χ3v) is 6.50. The van der Waals surface area contributed by atoms with Crippen LogP contribution in [0.15, 0.2) is 48.7 Å². The second-order valence-corrected chi connectivity index (χ2v) is 10.7. The summed E-state index contributed by atoms with van der Waals surface area (Å²) in [4.78, 5) is 4.24. The molecule has 3 aromatic rings. The van der Waals surface area contributed by atoms with Crippen LogP contribution in [0, 0.1) is 5.95 Å². The van der Waals surface area contributed by atoms with Gasteiger partial charge in [-0.05, 0) is 50.5 Å². The van der Waals surface area contributed by atoms with Crippen LogP contribution in [0.4, 0.5) is 4.39 Å². The van der Waals surface area contributed by atoms with Crippen molar-refractivity contribution >= 4 is 11.0 Å². The minimum atomic E-state index is -1.37. The molecule has 0 amide bonds. The summed E-state index contributed by atoms with van der Waals surface area (Å²) in [6, 6.07) is 12.9. The number of nitrogens with zero attached hydrogens (tertiary/aromatic N) is 3. The highest BCUT2D eigenvalue weighted by atomic mass is 32.2. The molecule has 0 saturated carbocycles. The van der Waals surface area contributed by atoms with Gasteiger partial charge in [-0.15, -0.1) is 0 Å². The predicted molar refractivity (Wildman–Crippen MR) is 120 cm³/mol. The normalized spacial score (nSPS) is 14.1. The van der Waals surface area contributed by atoms with E-state index in [4.69, 9.17) is 0 Å². The van der Waals surface area contributed by atoms with Crippen molar-refractivity contribution in [2.75, 3.05) is 0 Å². The summed E-state index contributed by atoms with van der Waals surface area (Å²) in [6.45, 7) is 9.56. The van der Waals surface area contributed by atoms with E-state index in [1.54, 1.807) is 16.9 Å². The highest BCUT2D eigenvalue weighted by Gasteiger charge is 2.26. The van der Waals surface area contributed by atoms with Gasteiger partial charge in [-0.1, -0.05) is 38.1 Å². The third-order valence-electron chi connectivity index (χ3n) is 4.93. The van der Waals surface area contributed by atoms with Crippen LogP contribution in [0.2, 0.25) is 0 Å². The molecule has 5 nitrogen and oxygen atoms in total. The Bertz CT molecular complexity index is 1060. The first-order valence-electron chi connectivity index (χ1n) is 10.0. The Hall–Kier alpha value is -2.38. The SMILES string of the molecule is CC(C)c1ccc([C@@H](N[S@@](=O)C(C)(C)C)c2cccc(-c3ccnn3C)c2)nc1F. The second-order valence-electron chi connectivity index (χ2n) is 8.67. The number of hydrogen-bond donors (Lipinski definition) is 1. The summed E-state index contributed by atoms with van der Waals surface area (Å²) in [5, 5.41) is 4.23. The largest absolute Gasteiger partial charge is 0.268 e. The molecule has 2 heterocycles. The van der Waals surface area contributed by atoms with Crippen molar-refractivity contribution in [1.82, 2.24) is 19.5 Å². The first-order chi connectivity index (χ1) is 14.1. The van der Waals surface area contributed by atoms with E-state index in [0.29, 0.717) is 11.3 Å². The lowest BCUT2D eigenvalue weighted by atomic mass is 9.98. The Kier molecular flexibility index (Phi) is 6.53. The average molecular weight is 429 g/mol. The van der Waals surface area contributed by atoms with Crippen LogP contribution in [-0.4, -0.2) is 23.7 Å². The Morgan fingerprint density at radius 1 is 1.13 bits per heavy atom. The molecule has 1 N–H and O–H groups in total. The van der Waals surface area contributed by atoms with E-state index in [1.165, 1.54) is 0 Å². The molecule has 0 aliphatic carbocycles. The molecule has 0 radical (unpaired) electrons. The Morgan fingerprint density at radius 2 is 1.87 bits per heavy atom. The maximum atomic E-state index is 14.7. The van der Waals surface area contributed by atoms with E-state index in [2.05, 4.69) is 14.8 Å². The summed E-state index contributed by atoms with van der Waals surface area (Å²) in [6.07, 6.45) is 1.74. The fourth-order valence-electron chi connectivity index (χ4n) is 3.17. The fourth-order valence-corrected chi connectivity index (χ4v) is 3.99. The van der Waals surface area contributed by atoms with Crippen molar-refractivity contribution in [2.45, 2.75) is 51.3 Å². The summed E-state index contributed by atoms with van der Waals surface area (Å²) in [7, 11) is 0.516. The van der Waals surface area contributed by atoms with Gasteiger partial charge < -0.3 is 0 Å². The summed E-state index contributed by atoms with van der Waals surface area (Å²) in [5.41, 5.74) is 3.85. The molecule has 30 heavy (non-hydrogen) atoms. The smallest absolute Gasteiger partial charge is 0.216 e. The lowest BCUT2D eigenvalue weighted by Crippen LogP contribution is -2.36. The van der Waals surface area contributed by atoms with Crippen LogP contribution in [0.3, 0.4) is 0 Å². The highest BCUT2D eigenvalue weighted by Crippen LogP contribution is 2.29. The number of pyridine rings is 1. The molecule has 0 bridgehead atoms. The van der Waals surface area contributed by atoms with Crippen molar-refractivity contribution in [3.8, 4) is 11.3 Å². The van der Waals surface area contributed by atoms with E-state index in [1.807, 2.05) is 78.1 Å². The van der Waals surface area contributed by atoms with Crippen molar-refractivity contribution in [3.05, 3.63) is 71.4 Å². The number of aromatic nitrogens is 3. The number of rotatable bonds is 6. The molecule has 1 aromatic carbocycles. The van der Waals surface area contributed by atoms with E-state index in [-0.39, 0.29) is 5.92 Å². The molecule has 3 rings (SSSR count). The lowest BCUT2D eigenvalue weighted by Gasteiger charge is -2.25. The van der Waals surface area contributed by atoms with E-state index in [0.717, 1.165) is 16.8 Å². The molecule has 7 heteroatoms. The summed E-state index contributed by atoms with van der Waals surface area (Å²) in [5.74, 6) is -0.450. The molecule has 160 valence electrons. The monoisotopic (exact) mass is 428 g/mol. The zero-order valence-corrected chi connectivity index (χ0v) is 19.1. The molecule has 0 aliphatic heterocycles. The zero-order chi connectivity index (χ0) is 22.1. The minimum Gasteiger partial charge on any atom is -0.268 e. The lowest BCUT2D eigenvalue weighted by molar-refractivity contribution is 0.542. The number of benzene rings is 1. The van der Waals surface area contributed by atoms with Crippen molar-refractivity contribution in [1.29, 1.82) is 0 Å².